The van der Waals surface area contributed by atoms with Gasteiger partial charge in [-0.2, -0.15) is 0 Å². The summed E-state index contributed by atoms with van der Waals surface area (Å²) >= 11 is 0. The van der Waals surface area contributed by atoms with Gasteiger partial charge in [0.25, 0.3) is 0 Å². The number of hydrogen-bond donors (Lipinski definition) is 5. The summed E-state index contributed by atoms with van der Waals surface area (Å²) in [6, 6.07) is 0. The van der Waals surface area contributed by atoms with Crippen LogP contribution in [0.15, 0.2) is 0 Å². The van der Waals surface area contributed by atoms with Crippen LogP contribution in [0.25, 0.3) is 0 Å². The van der Waals surface area contributed by atoms with Crippen molar-refractivity contribution in [2.45, 2.75) is 160 Å². The van der Waals surface area contributed by atoms with Crippen LogP contribution < -0.4 is 0 Å². The first kappa shape index (κ1) is 30.9. The average Bonchev–Trinajstić information content (AvgIpc) is 3.45. The van der Waals surface area contributed by atoms with E-state index in [-0.39, 0.29) is 51.8 Å². The van der Waals surface area contributed by atoms with Gasteiger partial charge in [0.2, 0.25) is 0 Å². The molecule has 9 heteroatoms. The fraction of sp³-hybridized carbons (Fsp3) is 1.00. The monoisotopic (exact) mass is 620 g/mol. The maximum absolute atomic E-state index is 12.7. The van der Waals surface area contributed by atoms with E-state index in [0.29, 0.717) is 17.8 Å². The van der Waals surface area contributed by atoms with Crippen LogP contribution in [0.5, 0.6) is 0 Å². The van der Waals surface area contributed by atoms with Crippen molar-refractivity contribution in [3.8, 4) is 0 Å². The van der Waals surface area contributed by atoms with E-state index in [9.17, 15) is 25.5 Å². The number of hydrogen-bond acceptors (Lipinski definition) is 9. The topological polar surface area (TPSA) is 138 Å². The molecular formula is C35H56O9. The Kier molecular flexibility index (Phi) is 6.33. The van der Waals surface area contributed by atoms with E-state index >= 15 is 0 Å². The van der Waals surface area contributed by atoms with Crippen molar-refractivity contribution in [3.05, 3.63) is 0 Å². The third kappa shape index (κ3) is 3.38. The van der Waals surface area contributed by atoms with Crippen LogP contribution in [-0.2, 0) is 18.9 Å². The lowest BCUT2D eigenvalue weighted by Crippen LogP contribution is -2.61. The molecule has 44 heavy (non-hydrogen) atoms. The standard InChI is InChI=1S/C35H56O9/c1-17-14-19-26(30(4,5)40)44-35(43-19)25(17)31(6)12-13-34-16-33(34)11-10-22(42-27-24(38)23(37)18(36)15-41-27)29(2,3)20(33)8-9-21(34)32(31,7)28(35)39/h17-28,36-40H,8-16H2,1-7H3/t17-,18-,19-,20+,21+,22+,23+,24-,25-,26+,27+,28-,31-,32-,33-,34+,35?/m1/s1. The Balaban J connectivity index is 1.10. The van der Waals surface area contributed by atoms with Gasteiger partial charge in [0.05, 0.1) is 24.4 Å². The van der Waals surface area contributed by atoms with Gasteiger partial charge in [-0.15, -0.1) is 0 Å². The molecule has 5 aliphatic carbocycles. The molecule has 0 aromatic rings. The van der Waals surface area contributed by atoms with Crippen LogP contribution in [0.1, 0.15) is 99.8 Å². The maximum Gasteiger partial charge on any atom is 0.199 e. The van der Waals surface area contributed by atoms with Crippen molar-refractivity contribution in [2.24, 2.45) is 50.7 Å². The zero-order chi connectivity index (χ0) is 31.6. The minimum atomic E-state index is -1.28. The van der Waals surface area contributed by atoms with E-state index in [1.807, 2.05) is 0 Å². The van der Waals surface area contributed by atoms with Gasteiger partial charge in [-0.3, -0.25) is 0 Å². The van der Waals surface area contributed by atoms with E-state index in [0.717, 1.165) is 44.9 Å². The third-order valence-corrected chi connectivity index (χ3v) is 15.9. The van der Waals surface area contributed by atoms with Crippen molar-refractivity contribution < 1.29 is 44.5 Å². The fourth-order valence-corrected chi connectivity index (χ4v) is 14.0. The highest BCUT2D eigenvalue weighted by molar-refractivity contribution is 5.34. The normalized spacial score (nSPS) is 62.2. The van der Waals surface area contributed by atoms with Crippen molar-refractivity contribution >= 4 is 0 Å². The molecule has 3 saturated heterocycles. The number of aliphatic hydroxyl groups excluding tert-OH is 4. The van der Waals surface area contributed by atoms with Gasteiger partial charge in [0.1, 0.15) is 30.5 Å². The summed E-state index contributed by atoms with van der Waals surface area (Å²) in [7, 11) is 0. The quantitative estimate of drug-likeness (QED) is 0.301. The van der Waals surface area contributed by atoms with Gasteiger partial charge < -0.3 is 44.5 Å². The van der Waals surface area contributed by atoms with E-state index in [2.05, 4.69) is 34.6 Å². The summed E-state index contributed by atoms with van der Waals surface area (Å²) in [5.74, 6) is 0.108. The lowest BCUT2D eigenvalue weighted by molar-refractivity contribution is -0.303. The second kappa shape index (κ2) is 9.00. The van der Waals surface area contributed by atoms with Crippen LogP contribution in [-0.4, -0.2) is 92.5 Å². The molecule has 8 fully saturated rings. The van der Waals surface area contributed by atoms with E-state index in [4.69, 9.17) is 18.9 Å². The van der Waals surface area contributed by atoms with Gasteiger partial charge in [-0.05, 0) is 105 Å². The van der Waals surface area contributed by atoms with Crippen molar-refractivity contribution in [1.82, 2.24) is 0 Å². The number of rotatable bonds is 3. The SMILES string of the molecule is C[C@@H]1C[C@H]2OC3(O[C@@H]2C(C)(C)O)[C@H](O)[C@@]2(C)[C@@H]4CC[C@H]5C(C)(C)[C@@H](O[C@@H]6OC[C@@H](O)[C@H](O)[C@H]6O)CC[C@@]56C[C@@]46CC[C@]2(C)[C@@H]13. The lowest BCUT2D eigenvalue weighted by atomic mass is 9.41. The smallest absolute Gasteiger partial charge is 0.199 e. The molecule has 5 N–H and O–H groups in total. The summed E-state index contributed by atoms with van der Waals surface area (Å²) in [6.07, 6.45) is 2.00. The molecule has 1 unspecified atom stereocenters. The molecule has 2 bridgehead atoms. The van der Waals surface area contributed by atoms with Gasteiger partial charge in [0, 0.05) is 11.3 Å². The van der Waals surface area contributed by atoms with Crippen LogP contribution in [0, 0.1) is 50.7 Å². The molecule has 8 rings (SSSR count). The molecule has 3 aliphatic heterocycles. The predicted molar refractivity (Wildman–Crippen MR) is 159 cm³/mol. The Morgan fingerprint density at radius 1 is 0.841 bits per heavy atom. The highest BCUT2D eigenvalue weighted by Crippen LogP contribution is 2.90. The van der Waals surface area contributed by atoms with Crippen molar-refractivity contribution in [2.75, 3.05) is 6.61 Å². The van der Waals surface area contributed by atoms with Crippen LogP contribution in [0.2, 0.25) is 0 Å². The Hall–Kier alpha value is -0.360. The van der Waals surface area contributed by atoms with Gasteiger partial charge >= 0.3 is 0 Å². The van der Waals surface area contributed by atoms with Crippen molar-refractivity contribution in [3.63, 3.8) is 0 Å². The fourth-order valence-electron chi connectivity index (χ4n) is 14.0. The summed E-state index contributed by atoms with van der Waals surface area (Å²) in [4.78, 5) is 0. The predicted octanol–water partition coefficient (Wildman–Crippen LogP) is 3.12. The van der Waals surface area contributed by atoms with E-state index < -0.39 is 48.2 Å². The first-order valence-electron chi connectivity index (χ1n) is 17.5. The molecule has 5 saturated carbocycles. The second-order valence-electron chi connectivity index (χ2n) is 18.3. The number of ether oxygens (including phenoxy) is 4. The first-order valence-corrected chi connectivity index (χ1v) is 17.5. The van der Waals surface area contributed by atoms with E-state index in [1.165, 1.54) is 6.42 Å². The first-order chi connectivity index (χ1) is 20.4. The molecule has 3 spiro atoms. The summed E-state index contributed by atoms with van der Waals surface area (Å²) < 4.78 is 25.8. The second-order valence-corrected chi connectivity index (χ2v) is 18.3. The molecule has 3 heterocycles. The summed E-state index contributed by atoms with van der Waals surface area (Å²) in [5, 5.41) is 54.5. The zero-order valence-corrected chi connectivity index (χ0v) is 27.7. The van der Waals surface area contributed by atoms with Crippen LogP contribution in [0.3, 0.4) is 0 Å². The van der Waals surface area contributed by atoms with Gasteiger partial charge in [-0.25, -0.2) is 0 Å². The molecule has 9 nitrogen and oxygen atoms in total. The number of aliphatic hydroxyl groups is 5. The minimum Gasteiger partial charge on any atom is -0.388 e. The molecule has 0 aromatic heterocycles. The minimum absolute atomic E-state index is 0.0559. The molecule has 0 radical (unpaired) electrons. The Labute approximate surface area is 262 Å². The molecular weight excluding hydrogens is 564 g/mol. The molecule has 0 aromatic carbocycles. The van der Waals surface area contributed by atoms with Gasteiger partial charge in [0.15, 0.2) is 12.1 Å². The van der Waals surface area contributed by atoms with E-state index in [1.54, 1.807) is 13.8 Å². The molecule has 0 amide bonds. The average molecular weight is 621 g/mol. The molecule has 250 valence electrons. The Bertz CT molecular complexity index is 1200. The summed E-state index contributed by atoms with van der Waals surface area (Å²) in [5.41, 5.74) is -1.39. The third-order valence-electron chi connectivity index (χ3n) is 15.9. The highest BCUT2D eigenvalue weighted by atomic mass is 16.8. The van der Waals surface area contributed by atoms with Crippen LogP contribution in [0.4, 0.5) is 0 Å². The molecule has 8 aliphatic rings. The van der Waals surface area contributed by atoms with Gasteiger partial charge in [-0.1, -0.05) is 34.6 Å². The number of fused-ring (bicyclic) bond motifs is 4. The molecule has 17 atom stereocenters. The largest absolute Gasteiger partial charge is 0.388 e. The Morgan fingerprint density at radius 3 is 2.23 bits per heavy atom. The zero-order valence-electron chi connectivity index (χ0n) is 27.7. The highest BCUT2D eigenvalue weighted by Gasteiger charge is 2.88. The maximum atomic E-state index is 12.7. The lowest BCUT2D eigenvalue weighted by Gasteiger charge is -2.63. The van der Waals surface area contributed by atoms with Crippen molar-refractivity contribution in [1.29, 1.82) is 0 Å². The van der Waals surface area contributed by atoms with Crippen LogP contribution >= 0.6 is 0 Å². The summed E-state index contributed by atoms with van der Waals surface area (Å²) in [6.45, 7) is 15.2. The Morgan fingerprint density at radius 2 is 1.52 bits per heavy atom.